The average Bonchev–Trinajstić information content (AvgIpc) is 3.08. The Morgan fingerprint density at radius 3 is 2.63 bits per heavy atom. The topological polar surface area (TPSA) is 75.8 Å². The van der Waals surface area contributed by atoms with E-state index in [9.17, 15) is 0 Å². The van der Waals surface area contributed by atoms with Crippen LogP contribution < -0.4 is 10.6 Å². The van der Waals surface area contributed by atoms with Crippen LogP contribution in [0.4, 0.5) is 0 Å². The smallest absolute Gasteiger partial charge is 0.191 e. The Kier molecular flexibility index (Phi) is 8.46. The fourth-order valence-corrected chi connectivity index (χ4v) is 2.69. The number of nitrogens with one attached hydrogen (secondary N) is 2. The average molecular weight is 480 g/mol. The summed E-state index contributed by atoms with van der Waals surface area (Å²) in [5, 5.41) is 15.0. The molecule has 0 bridgehead atoms. The number of rotatable bonds is 7. The molecule has 0 fully saturated rings. The van der Waals surface area contributed by atoms with Gasteiger partial charge in [-0.2, -0.15) is 0 Å². The largest absolute Gasteiger partial charge is 0.380 e. The van der Waals surface area contributed by atoms with Crippen molar-refractivity contribution in [2.45, 2.75) is 26.6 Å². The van der Waals surface area contributed by atoms with Crippen molar-refractivity contribution in [1.29, 1.82) is 0 Å². The summed E-state index contributed by atoms with van der Waals surface area (Å²) in [6.07, 6.45) is 1.96. The van der Waals surface area contributed by atoms with Crippen LogP contribution in [0.1, 0.15) is 23.9 Å². The van der Waals surface area contributed by atoms with Crippen molar-refractivity contribution < 1.29 is 4.74 Å². The molecule has 0 radical (unpaired) electrons. The van der Waals surface area contributed by atoms with Crippen LogP contribution in [0.25, 0.3) is 5.65 Å². The molecule has 2 N–H and O–H groups in total. The predicted molar refractivity (Wildman–Crippen MR) is 117 cm³/mol. The number of fused-ring (bicyclic) bond motifs is 1. The first-order valence-electron chi connectivity index (χ1n) is 8.68. The van der Waals surface area contributed by atoms with Gasteiger partial charge in [0.25, 0.3) is 0 Å². The van der Waals surface area contributed by atoms with Gasteiger partial charge in [-0.1, -0.05) is 30.3 Å². The number of benzene rings is 1. The Balaban J connectivity index is 0.00000261. The number of aliphatic imine (C=N–C) groups is 1. The standard InChI is InChI=1S/C19H24N6O.HI/c1-3-20-19(21-12-15-8-4-5-9-16(15)14-26-2)22-13-18-24-23-17-10-6-7-11-25(17)18;/h4-11H,3,12-14H2,1-2H3,(H2,20,21,22);1H. The molecule has 0 atom stereocenters. The molecule has 0 saturated carbocycles. The number of nitrogens with zero attached hydrogens (tertiary/aromatic N) is 4. The first-order valence-corrected chi connectivity index (χ1v) is 8.68. The Hall–Kier alpha value is -2.20. The fraction of sp³-hybridized carbons (Fsp3) is 0.316. The van der Waals surface area contributed by atoms with Crippen molar-refractivity contribution in [1.82, 2.24) is 25.2 Å². The van der Waals surface area contributed by atoms with Gasteiger partial charge in [0.1, 0.15) is 0 Å². The molecule has 0 aliphatic rings. The highest BCUT2D eigenvalue weighted by molar-refractivity contribution is 14.0. The van der Waals surface area contributed by atoms with Gasteiger partial charge in [-0.05, 0) is 30.2 Å². The number of hydrogen-bond donors (Lipinski definition) is 2. The first kappa shape index (κ1) is 21.1. The van der Waals surface area contributed by atoms with E-state index >= 15 is 0 Å². The molecule has 3 rings (SSSR count). The highest BCUT2D eigenvalue weighted by atomic mass is 127. The third kappa shape index (κ3) is 5.64. The third-order valence-corrected chi connectivity index (χ3v) is 3.97. The van der Waals surface area contributed by atoms with Gasteiger partial charge in [0.05, 0.1) is 19.7 Å². The molecule has 0 spiro atoms. The van der Waals surface area contributed by atoms with Gasteiger partial charge in [0.15, 0.2) is 17.4 Å². The van der Waals surface area contributed by atoms with Crippen LogP contribution in [0.2, 0.25) is 0 Å². The normalized spacial score (nSPS) is 11.3. The molecule has 3 aromatic rings. The van der Waals surface area contributed by atoms with Crippen molar-refractivity contribution in [2.75, 3.05) is 13.7 Å². The molecule has 0 unspecified atom stereocenters. The van der Waals surface area contributed by atoms with E-state index in [0.717, 1.165) is 35.1 Å². The van der Waals surface area contributed by atoms with Crippen LogP contribution in [0, 0.1) is 0 Å². The molecular formula is C19H25IN6O. The number of guanidine groups is 1. The maximum atomic E-state index is 5.26. The minimum Gasteiger partial charge on any atom is -0.380 e. The zero-order valence-corrected chi connectivity index (χ0v) is 17.9. The van der Waals surface area contributed by atoms with Crippen molar-refractivity contribution in [3.05, 3.63) is 65.6 Å². The summed E-state index contributed by atoms with van der Waals surface area (Å²) < 4.78 is 7.23. The van der Waals surface area contributed by atoms with E-state index in [0.29, 0.717) is 19.7 Å². The summed E-state index contributed by atoms with van der Waals surface area (Å²) in [5.74, 6) is 1.58. The van der Waals surface area contributed by atoms with E-state index < -0.39 is 0 Å². The lowest BCUT2D eigenvalue weighted by atomic mass is 10.1. The molecule has 7 nitrogen and oxygen atoms in total. The van der Waals surface area contributed by atoms with Gasteiger partial charge in [-0.15, -0.1) is 34.2 Å². The summed E-state index contributed by atoms with van der Waals surface area (Å²) in [6.45, 7) is 4.53. The van der Waals surface area contributed by atoms with Gasteiger partial charge in [-0.25, -0.2) is 4.99 Å². The zero-order valence-electron chi connectivity index (χ0n) is 15.6. The van der Waals surface area contributed by atoms with E-state index in [4.69, 9.17) is 4.74 Å². The summed E-state index contributed by atoms with van der Waals surface area (Å²) in [6, 6.07) is 14.0. The van der Waals surface area contributed by atoms with Gasteiger partial charge in [0, 0.05) is 19.9 Å². The Morgan fingerprint density at radius 1 is 1.07 bits per heavy atom. The number of hydrogen-bond acceptors (Lipinski definition) is 4. The van der Waals surface area contributed by atoms with Crippen LogP contribution in [0.5, 0.6) is 0 Å². The van der Waals surface area contributed by atoms with E-state index in [1.54, 1.807) is 7.11 Å². The molecule has 1 aromatic carbocycles. The Morgan fingerprint density at radius 2 is 1.85 bits per heavy atom. The lowest BCUT2D eigenvalue weighted by molar-refractivity contribution is 0.184. The second-order valence-electron chi connectivity index (χ2n) is 5.80. The lowest BCUT2D eigenvalue weighted by Crippen LogP contribution is -2.37. The molecule has 0 aliphatic carbocycles. The summed E-state index contributed by atoms with van der Waals surface area (Å²) in [5.41, 5.74) is 3.14. The second-order valence-corrected chi connectivity index (χ2v) is 5.80. The van der Waals surface area contributed by atoms with E-state index in [2.05, 4.69) is 38.0 Å². The number of pyridine rings is 1. The van der Waals surface area contributed by atoms with Crippen LogP contribution in [-0.4, -0.2) is 34.2 Å². The number of methoxy groups -OCH3 is 1. The van der Waals surface area contributed by atoms with Crippen molar-refractivity contribution >= 4 is 35.6 Å². The maximum absolute atomic E-state index is 5.26. The Labute approximate surface area is 176 Å². The molecule has 2 heterocycles. The van der Waals surface area contributed by atoms with Gasteiger partial charge < -0.3 is 15.4 Å². The molecule has 8 heteroatoms. The molecule has 0 saturated heterocycles. The van der Waals surface area contributed by atoms with Crippen LogP contribution in [0.15, 0.2) is 53.7 Å². The third-order valence-electron chi connectivity index (χ3n) is 3.97. The molecule has 0 aliphatic heterocycles. The van der Waals surface area contributed by atoms with Crippen molar-refractivity contribution in [3.8, 4) is 0 Å². The summed E-state index contributed by atoms with van der Waals surface area (Å²) in [7, 11) is 1.70. The fourth-order valence-electron chi connectivity index (χ4n) is 2.69. The molecule has 0 amide bonds. The van der Waals surface area contributed by atoms with Crippen LogP contribution >= 0.6 is 24.0 Å². The second kappa shape index (κ2) is 10.8. The quantitative estimate of drug-likeness (QED) is 0.309. The number of aromatic nitrogens is 3. The van der Waals surface area contributed by atoms with E-state index in [1.807, 2.05) is 47.9 Å². The van der Waals surface area contributed by atoms with Crippen LogP contribution in [-0.2, 0) is 24.4 Å². The van der Waals surface area contributed by atoms with E-state index in [-0.39, 0.29) is 24.0 Å². The minimum absolute atomic E-state index is 0. The molecule has 2 aromatic heterocycles. The van der Waals surface area contributed by atoms with Crippen molar-refractivity contribution in [3.63, 3.8) is 0 Å². The van der Waals surface area contributed by atoms with Crippen LogP contribution in [0.3, 0.4) is 0 Å². The SMILES string of the molecule is CCNC(=NCc1ccccc1COC)NCc1nnc2ccccn12.I. The number of ether oxygens (including phenoxy) is 1. The highest BCUT2D eigenvalue weighted by Gasteiger charge is 2.06. The maximum Gasteiger partial charge on any atom is 0.191 e. The zero-order chi connectivity index (χ0) is 18.2. The summed E-state index contributed by atoms with van der Waals surface area (Å²) >= 11 is 0. The van der Waals surface area contributed by atoms with E-state index in [1.165, 1.54) is 0 Å². The monoisotopic (exact) mass is 480 g/mol. The molecular weight excluding hydrogens is 455 g/mol. The van der Waals surface area contributed by atoms with Crippen molar-refractivity contribution in [2.24, 2.45) is 4.99 Å². The predicted octanol–water partition coefficient (Wildman–Crippen LogP) is 2.75. The van der Waals surface area contributed by atoms with Gasteiger partial charge >= 0.3 is 0 Å². The van der Waals surface area contributed by atoms with Gasteiger partial charge in [0.2, 0.25) is 0 Å². The highest BCUT2D eigenvalue weighted by Crippen LogP contribution is 2.11. The van der Waals surface area contributed by atoms with Gasteiger partial charge in [-0.3, -0.25) is 4.40 Å². The first-order chi connectivity index (χ1) is 12.8. The minimum atomic E-state index is 0. The Bertz CT molecular complexity index is 879. The molecule has 144 valence electrons. The molecule has 27 heavy (non-hydrogen) atoms. The lowest BCUT2D eigenvalue weighted by Gasteiger charge is -2.12. The summed E-state index contributed by atoms with van der Waals surface area (Å²) in [4.78, 5) is 4.69. The number of halogens is 1.